The largest absolute Gasteiger partial charge is 0.346 e. The molecule has 0 radical (unpaired) electrons. The van der Waals surface area contributed by atoms with Crippen molar-refractivity contribution >= 4 is 16.5 Å². The van der Waals surface area contributed by atoms with Gasteiger partial charge in [-0.2, -0.15) is 0 Å². The van der Waals surface area contributed by atoms with Gasteiger partial charge >= 0.3 is 0 Å². The van der Waals surface area contributed by atoms with Crippen LogP contribution in [0.5, 0.6) is 0 Å². The molecule has 2 aromatic rings. The van der Waals surface area contributed by atoms with Gasteiger partial charge in [0, 0.05) is 43.2 Å². The SMILES string of the molecule is CC(C)N1CCN(c2nc(-c3ccccc3)cs2)CC1. The molecule has 106 valence electrons. The predicted molar refractivity (Wildman–Crippen MR) is 86.5 cm³/mol. The second-order valence-corrected chi connectivity index (χ2v) is 6.33. The number of anilines is 1. The number of hydrogen-bond acceptors (Lipinski definition) is 4. The highest BCUT2D eigenvalue weighted by atomic mass is 32.1. The number of benzene rings is 1. The zero-order valence-corrected chi connectivity index (χ0v) is 12.9. The van der Waals surface area contributed by atoms with Crippen molar-refractivity contribution in [2.24, 2.45) is 0 Å². The molecule has 0 aliphatic carbocycles. The van der Waals surface area contributed by atoms with Gasteiger partial charge in [-0.05, 0) is 13.8 Å². The standard InChI is InChI=1S/C16H21N3S/c1-13(2)18-8-10-19(11-9-18)16-17-15(12-20-16)14-6-4-3-5-7-14/h3-7,12-13H,8-11H2,1-2H3. The van der Waals surface area contributed by atoms with E-state index in [9.17, 15) is 0 Å². The summed E-state index contributed by atoms with van der Waals surface area (Å²) in [7, 11) is 0. The Morgan fingerprint density at radius 1 is 1.05 bits per heavy atom. The summed E-state index contributed by atoms with van der Waals surface area (Å²) in [5.41, 5.74) is 2.30. The molecule has 1 aromatic carbocycles. The summed E-state index contributed by atoms with van der Waals surface area (Å²) in [5.74, 6) is 0. The van der Waals surface area contributed by atoms with E-state index < -0.39 is 0 Å². The van der Waals surface area contributed by atoms with Crippen LogP contribution in [0.25, 0.3) is 11.3 Å². The topological polar surface area (TPSA) is 19.4 Å². The zero-order valence-electron chi connectivity index (χ0n) is 12.1. The lowest BCUT2D eigenvalue weighted by atomic mass is 10.2. The first-order chi connectivity index (χ1) is 9.74. The molecule has 0 atom stereocenters. The third kappa shape index (κ3) is 2.86. The lowest BCUT2D eigenvalue weighted by molar-refractivity contribution is 0.209. The van der Waals surface area contributed by atoms with E-state index in [0.29, 0.717) is 6.04 Å². The average molecular weight is 287 g/mol. The molecule has 1 aliphatic heterocycles. The predicted octanol–water partition coefficient (Wildman–Crippen LogP) is 3.34. The van der Waals surface area contributed by atoms with Gasteiger partial charge in [0.25, 0.3) is 0 Å². The molecule has 1 fully saturated rings. The first-order valence-electron chi connectivity index (χ1n) is 7.24. The van der Waals surface area contributed by atoms with Gasteiger partial charge in [0.1, 0.15) is 0 Å². The van der Waals surface area contributed by atoms with Gasteiger partial charge in [-0.25, -0.2) is 4.98 Å². The maximum absolute atomic E-state index is 4.80. The van der Waals surface area contributed by atoms with E-state index in [-0.39, 0.29) is 0 Å². The average Bonchev–Trinajstić information content (AvgIpc) is 2.98. The van der Waals surface area contributed by atoms with Crippen molar-refractivity contribution in [3.63, 3.8) is 0 Å². The number of hydrogen-bond donors (Lipinski definition) is 0. The molecule has 1 aromatic heterocycles. The van der Waals surface area contributed by atoms with E-state index in [2.05, 4.69) is 53.3 Å². The molecule has 2 heterocycles. The molecule has 0 N–H and O–H groups in total. The van der Waals surface area contributed by atoms with Gasteiger partial charge in [-0.15, -0.1) is 11.3 Å². The van der Waals surface area contributed by atoms with E-state index in [0.717, 1.165) is 37.0 Å². The Labute approximate surface area is 124 Å². The van der Waals surface area contributed by atoms with Crippen LogP contribution < -0.4 is 4.90 Å². The minimum Gasteiger partial charge on any atom is -0.346 e. The molecule has 0 spiro atoms. The fraction of sp³-hybridized carbons (Fsp3) is 0.438. The monoisotopic (exact) mass is 287 g/mol. The summed E-state index contributed by atoms with van der Waals surface area (Å²) in [6, 6.07) is 11.1. The van der Waals surface area contributed by atoms with Gasteiger partial charge in [0.05, 0.1) is 5.69 Å². The first-order valence-corrected chi connectivity index (χ1v) is 8.12. The molecule has 0 saturated carbocycles. The summed E-state index contributed by atoms with van der Waals surface area (Å²) in [6.45, 7) is 8.98. The maximum Gasteiger partial charge on any atom is 0.185 e. The third-order valence-corrected chi connectivity index (χ3v) is 4.78. The van der Waals surface area contributed by atoms with Crippen molar-refractivity contribution < 1.29 is 0 Å². The van der Waals surface area contributed by atoms with E-state index >= 15 is 0 Å². The van der Waals surface area contributed by atoms with Crippen molar-refractivity contribution in [1.29, 1.82) is 0 Å². The summed E-state index contributed by atoms with van der Waals surface area (Å²) in [6.07, 6.45) is 0. The molecular formula is C16H21N3S. The van der Waals surface area contributed by atoms with Crippen LogP contribution in [-0.4, -0.2) is 42.1 Å². The molecule has 3 nitrogen and oxygen atoms in total. The molecule has 4 heteroatoms. The Kier molecular flexibility index (Phi) is 4.03. The van der Waals surface area contributed by atoms with Crippen molar-refractivity contribution in [2.75, 3.05) is 31.1 Å². The Morgan fingerprint density at radius 3 is 2.40 bits per heavy atom. The van der Waals surface area contributed by atoms with Gasteiger partial charge in [-0.1, -0.05) is 30.3 Å². The summed E-state index contributed by atoms with van der Waals surface area (Å²) < 4.78 is 0. The minimum absolute atomic E-state index is 0.647. The van der Waals surface area contributed by atoms with Crippen LogP contribution >= 0.6 is 11.3 Å². The molecular weight excluding hydrogens is 266 g/mol. The van der Waals surface area contributed by atoms with Crippen LogP contribution in [0, 0.1) is 0 Å². The van der Waals surface area contributed by atoms with Crippen molar-refractivity contribution in [2.45, 2.75) is 19.9 Å². The highest BCUT2D eigenvalue weighted by Crippen LogP contribution is 2.28. The molecule has 0 unspecified atom stereocenters. The molecule has 20 heavy (non-hydrogen) atoms. The molecule has 1 aliphatic rings. The fourth-order valence-corrected chi connectivity index (χ4v) is 3.47. The van der Waals surface area contributed by atoms with E-state index in [1.54, 1.807) is 11.3 Å². The molecule has 0 bridgehead atoms. The third-order valence-electron chi connectivity index (χ3n) is 3.88. The molecule has 0 amide bonds. The van der Waals surface area contributed by atoms with Gasteiger partial charge in [0.15, 0.2) is 5.13 Å². The smallest absolute Gasteiger partial charge is 0.185 e. The van der Waals surface area contributed by atoms with E-state index in [4.69, 9.17) is 4.98 Å². The van der Waals surface area contributed by atoms with Crippen LogP contribution in [-0.2, 0) is 0 Å². The maximum atomic E-state index is 4.80. The first kappa shape index (κ1) is 13.6. The summed E-state index contributed by atoms with van der Waals surface area (Å²) in [5, 5.41) is 3.33. The van der Waals surface area contributed by atoms with E-state index in [1.807, 2.05) is 6.07 Å². The molecule has 1 saturated heterocycles. The number of piperazine rings is 1. The van der Waals surface area contributed by atoms with Gasteiger partial charge in [-0.3, -0.25) is 4.90 Å². The quantitative estimate of drug-likeness (QED) is 0.863. The molecule has 3 rings (SSSR count). The van der Waals surface area contributed by atoms with Crippen molar-refractivity contribution in [3.8, 4) is 11.3 Å². The highest BCUT2D eigenvalue weighted by Gasteiger charge is 2.20. The Morgan fingerprint density at radius 2 is 1.75 bits per heavy atom. The van der Waals surface area contributed by atoms with E-state index in [1.165, 1.54) is 5.56 Å². The summed E-state index contributed by atoms with van der Waals surface area (Å²) >= 11 is 1.76. The number of thiazole rings is 1. The van der Waals surface area contributed by atoms with Crippen molar-refractivity contribution in [1.82, 2.24) is 9.88 Å². The van der Waals surface area contributed by atoms with Crippen molar-refractivity contribution in [3.05, 3.63) is 35.7 Å². The number of aromatic nitrogens is 1. The van der Waals surface area contributed by atoms with Gasteiger partial charge in [0.2, 0.25) is 0 Å². The normalized spacial score (nSPS) is 16.9. The zero-order chi connectivity index (χ0) is 13.9. The lowest BCUT2D eigenvalue weighted by Crippen LogP contribution is -2.48. The van der Waals surface area contributed by atoms with Crippen LogP contribution in [0.15, 0.2) is 35.7 Å². The van der Waals surface area contributed by atoms with Crippen LogP contribution in [0.2, 0.25) is 0 Å². The van der Waals surface area contributed by atoms with Crippen LogP contribution in [0.1, 0.15) is 13.8 Å². The Bertz CT molecular complexity index is 542. The second-order valence-electron chi connectivity index (χ2n) is 5.50. The highest BCUT2D eigenvalue weighted by molar-refractivity contribution is 7.14. The Hall–Kier alpha value is -1.39. The fourth-order valence-electron chi connectivity index (χ4n) is 2.58. The lowest BCUT2D eigenvalue weighted by Gasteiger charge is -2.36. The minimum atomic E-state index is 0.647. The second kappa shape index (κ2) is 5.94. The number of rotatable bonds is 3. The van der Waals surface area contributed by atoms with Crippen LogP contribution in [0.3, 0.4) is 0 Å². The summed E-state index contributed by atoms with van der Waals surface area (Å²) in [4.78, 5) is 9.74. The van der Waals surface area contributed by atoms with Gasteiger partial charge < -0.3 is 4.90 Å². The number of nitrogens with zero attached hydrogens (tertiary/aromatic N) is 3. The Balaban J connectivity index is 1.69. The van der Waals surface area contributed by atoms with Crippen LogP contribution in [0.4, 0.5) is 5.13 Å².